The lowest BCUT2D eigenvalue weighted by molar-refractivity contribution is -0.149. The van der Waals surface area contributed by atoms with Gasteiger partial charge in [0.2, 0.25) is 11.8 Å². The van der Waals surface area contributed by atoms with Crippen molar-refractivity contribution < 1.29 is 14.3 Å². The van der Waals surface area contributed by atoms with Crippen LogP contribution < -0.4 is 9.80 Å². The lowest BCUT2D eigenvalue weighted by Crippen LogP contribution is -2.73. The molecule has 7 nitrogen and oxygen atoms in total. The maximum atomic E-state index is 15.8. The summed E-state index contributed by atoms with van der Waals surface area (Å²) in [7, 11) is 0. The van der Waals surface area contributed by atoms with Gasteiger partial charge in [-0.2, -0.15) is 0 Å². The van der Waals surface area contributed by atoms with Crippen LogP contribution in [0.15, 0.2) is 83.5 Å². The van der Waals surface area contributed by atoms with E-state index in [0.717, 1.165) is 44.6 Å². The van der Waals surface area contributed by atoms with E-state index in [2.05, 4.69) is 93.3 Å². The van der Waals surface area contributed by atoms with Gasteiger partial charge in [-0.1, -0.05) is 65.8 Å². The maximum Gasteiger partial charge on any atom is 0.234 e. The molecule has 7 fully saturated rings. The van der Waals surface area contributed by atoms with Crippen LogP contribution in [0.5, 0.6) is 0 Å². The number of carbonyl (C=O) groups excluding carboxylic acids is 2. The summed E-state index contributed by atoms with van der Waals surface area (Å²) in [6.45, 7) is 5.87. The largest absolute Gasteiger partial charge is 0.373 e. The molecular weight excluding hydrogens is 608 g/mol. The van der Waals surface area contributed by atoms with E-state index in [9.17, 15) is 4.79 Å². The van der Waals surface area contributed by atoms with Gasteiger partial charge in [0.05, 0.1) is 30.7 Å². The molecule has 9 aliphatic heterocycles. The fourth-order valence-electron chi connectivity index (χ4n) is 15.0. The van der Waals surface area contributed by atoms with Gasteiger partial charge in [-0.25, -0.2) is 0 Å². The Hall–Kier alpha value is -3.52. The first-order chi connectivity index (χ1) is 24.1. The Labute approximate surface area is 287 Å². The SMILES string of the molecule is C/C=C1/CN2[C@@H]([C@@H]3C(=O)N4c5ccccc5[C@]56CCN7CC8=CCO[C@@H]3C(C8CC75)C46)C[C@@]34c5ccccc5N5C(=O)CC=C([C@H]1C[C@H]23)[C@H]54. The number of allylic oxidation sites excluding steroid dienone is 1. The molecule has 2 saturated carbocycles. The molecule has 0 aromatic heterocycles. The number of benzene rings is 2. The zero-order chi connectivity index (χ0) is 32.1. The monoisotopic (exact) mass is 650 g/mol. The summed E-state index contributed by atoms with van der Waals surface area (Å²) >= 11 is 0. The highest BCUT2D eigenvalue weighted by Gasteiger charge is 2.76. The summed E-state index contributed by atoms with van der Waals surface area (Å²) in [4.78, 5) is 39.7. The van der Waals surface area contributed by atoms with Crippen molar-refractivity contribution in [1.82, 2.24) is 9.80 Å². The summed E-state index contributed by atoms with van der Waals surface area (Å²) in [6, 6.07) is 18.8. The number of ether oxygens (including phenoxy) is 1. The third-order valence-electron chi connectivity index (χ3n) is 16.3. The van der Waals surface area contributed by atoms with Crippen LogP contribution in [-0.4, -0.2) is 84.2 Å². The minimum atomic E-state index is -0.254. The third-order valence-corrected chi connectivity index (χ3v) is 16.3. The fraction of sp³-hybridized carbons (Fsp3) is 0.524. The van der Waals surface area contributed by atoms with E-state index in [-0.39, 0.29) is 52.9 Å². The van der Waals surface area contributed by atoms with Gasteiger partial charge in [0.15, 0.2) is 0 Å². The van der Waals surface area contributed by atoms with Gasteiger partial charge in [-0.3, -0.25) is 19.4 Å². The number of fused-ring (bicyclic) bond motifs is 6. The van der Waals surface area contributed by atoms with Crippen LogP contribution in [0, 0.1) is 23.7 Å². The number of amides is 2. The van der Waals surface area contributed by atoms with Crippen LogP contribution in [0.25, 0.3) is 0 Å². The number of piperidine rings is 3. The molecule has 0 N–H and O–H groups in total. The molecule has 2 aliphatic carbocycles. The van der Waals surface area contributed by atoms with Gasteiger partial charge in [0.25, 0.3) is 0 Å². The molecule has 2 aromatic rings. The molecule has 11 aliphatic rings. The van der Waals surface area contributed by atoms with Gasteiger partial charge in [0, 0.05) is 71.7 Å². The Balaban J connectivity index is 1.03. The number of para-hydroxylation sites is 2. The van der Waals surface area contributed by atoms with Crippen molar-refractivity contribution in [3.8, 4) is 0 Å². The summed E-state index contributed by atoms with van der Waals surface area (Å²) < 4.78 is 7.14. The van der Waals surface area contributed by atoms with Crippen molar-refractivity contribution in [3.05, 3.63) is 94.6 Å². The average molecular weight is 651 g/mol. The van der Waals surface area contributed by atoms with Crippen molar-refractivity contribution in [1.29, 1.82) is 0 Å². The van der Waals surface area contributed by atoms with Gasteiger partial charge >= 0.3 is 0 Å². The van der Waals surface area contributed by atoms with Crippen LogP contribution in [0.2, 0.25) is 0 Å². The zero-order valence-corrected chi connectivity index (χ0v) is 28.0. The molecule has 49 heavy (non-hydrogen) atoms. The van der Waals surface area contributed by atoms with E-state index in [1.54, 1.807) is 5.57 Å². The third kappa shape index (κ3) is 2.76. The second-order valence-corrected chi connectivity index (χ2v) is 17.2. The van der Waals surface area contributed by atoms with E-state index in [4.69, 9.17) is 4.74 Å². The summed E-state index contributed by atoms with van der Waals surface area (Å²) in [6.07, 6.45) is 11.7. The molecule has 9 heterocycles. The minimum absolute atomic E-state index is 0.0122. The zero-order valence-electron chi connectivity index (χ0n) is 28.0. The first kappa shape index (κ1) is 27.2. The first-order valence-electron chi connectivity index (χ1n) is 19.1. The second-order valence-electron chi connectivity index (χ2n) is 17.2. The van der Waals surface area contributed by atoms with E-state index in [1.807, 2.05) is 0 Å². The predicted octanol–water partition coefficient (Wildman–Crippen LogP) is 4.72. The molecular formula is C42H42N4O3. The molecule has 0 radical (unpaired) electrons. The Morgan fingerprint density at radius 1 is 0.898 bits per heavy atom. The highest BCUT2D eigenvalue weighted by atomic mass is 16.5. The average Bonchev–Trinajstić information content (AvgIpc) is 3.82. The lowest BCUT2D eigenvalue weighted by Gasteiger charge is -2.61. The summed E-state index contributed by atoms with van der Waals surface area (Å²) in [5, 5.41) is 0. The van der Waals surface area contributed by atoms with Gasteiger partial charge in [0.1, 0.15) is 0 Å². The smallest absolute Gasteiger partial charge is 0.234 e. The quantitative estimate of drug-likeness (QED) is 0.419. The molecule has 5 saturated heterocycles. The fourth-order valence-corrected chi connectivity index (χ4v) is 15.0. The number of nitrogens with zero attached hydrogens (tertiary/aromatic N) is 4. The van der Waals surface area contributed by atoms with Crippen molar-refractivity contribution in [3.63, 3.8) is 0 Å². The molecule has 4 unspecified atom stereocenters. The highest BCUT2D eigenvalue weighted by Crippen LogP contribution is 2.70. The number of anilines is 2. The Bertz CT molecular complexity index is 2030. The molecule has 7 heteroatoms. The number of rotatable bonds is 1. The van der Waals surface area contributed by atoms with Crippen LogP contribution in [-0.2, 0) is 25.2 Å². The van der Waals surface area contributed by atoms with Crippen LogP contribution in [0.4, 0.5) is 11.4 Å². The van der Waals surface area contributed by atoms with Crippen LogP contribution in [0.3, 0.4) is 0 Å². The normalized spacial score (nSPS) is 46.8. The van der Waals surface area contributed by atoms with Gasteiger partial charge in [-0.05, 0) is 73.9 Å². The Morgan fingerprint density at radius 3 is 2.53 bits per heavy atom. The van der Waals surface area contributed by atoms with Crippen molar-refractivity contribution in [2.24, 2.45) is 23.7 Å². The van der Waals surface area contributed by atoms with Gasteiger partial charge < -0.3 is 14.5 Å². The lowest BCUT2D eigenvalue weighted by atomic mass is 9.52. The van der Waals surface area contributed by atoms with Gasteiger partial charge in [-0.15, -0.1) is 0 Å². The summed E-state index contributed by atoms with van der Waals surface area (Å²) in [5.41, 5.74) is 9.28. The Morgan fingerprint density at radius 2 is 1.69 bits per heavy atom. The number of hydrogen-bond donors (Lipinski definition) is 0. The first-order valence-corrected chi connectivity index (χ1v) is 19.1. The van der Waals surface area contributed by atoms with E-state index >= 15 is 4.79 Å². The Kier molecular flexibility index (Phi) is 4.82. The molecule has 2 spiro atoms. The van der Waals surface area contributed by atoms with Crippen molar-refractivity contribution in [2.75, 3.05) is 36.0 Å². The summed E-state index contributed by atoms with van der Waals surface area (Å²) in [5.74, 6) is 1.38. The van der Waals surface area contributed by atoms with E-state index in [1.165, 1.54) is 34.4 Å². The maximum absolute atomic E-state index is 15.8. The van der Waals surface area contributed by atoms with Crippen LogP contribution >= 0.6 is 0 Å². The molecule has 13 rings (SSSR count). The number of carbonyl (C=O) groups is 2. The molecule has 2 aromatic carbocycles. The number of hydrogen-bond acceptors (Lipinski definition) is 5. The minimum Gasteiger partial charge on any atom is -0.373 e. The van der Waals surface area contributed by atoms with Crippen molar-refractivity contribution >= 4 is 23.2 Å². The van der Waals surface area contributed by atoms with E-state index in [0.29, 0.717) is 42.7 Å². The van der Waals surface area contributed by atoms with Crippen molar-refractivity contribution in [2.45, 2.75) is 86.2 Å². The van der Waals surface area contributed by atoms with Crippen LogP contribution in [0.1, 0.15) is 50.2 Å². The molecule has 12 atom stereocenters. The second kappa shape index (κ2) is 8.67. The topological polar surface area (TPSA) is 56.3 Å². The molecule has 4 bridgehead atoms. The molecule has 248 valence electrons. The van der Waals surface area contributed by atoms with E-state index < -0.39 is 0 Å². The molecule has 2 amide bonds. The standard InChI is InChI=1S/C42H42N4O3/c1-2-22-21-44-31(19-42-28-8-4-5-9-29(28)45-34(47)12-11-24(38(42)45)25(22)17-33(42)44)36-37-35-26-18-32-41(14-15-43(32)20-23(26)13-16-49-37)27-7-3-6-10-30(27)46(39(35)41)40(36)48/h2-11,13,25-26,31-33,35-39H,12,14-21H2,1H3/b22-2-/t25-,26?,31+,32?,33-,35?,36-,37+,38-,39?,41+,42+/m0/s1. The highest BCUT2D eigenvalue weighted by molar-refractivity contribution is 6.02. The predicted molar refractivity (Wildman–Crippen MR) is 185 cm³/mol.